The Morgan fingerprint density at radius 2 is 1.95 bits per heavy atom. The molecule has 124 valence electrons. The average Bonchev–Trinajstić information content (AvgIpc) is 2.48. The Bertz CT molecular complexity index is 427. The molecule has 0 spiro atoms. The molecule has 0 aromatic heterocycles. The quantitative estimate of drug-likeness (QED) is 0.841. The molecule has 0 aromatic rings. The molecule has 1 N–H and O–H groups in total. The molecule has 2 heterocycles. The predicted molar refractivity (Wildman–Crippen MR) is 86.4 cm³/mol. The van der Waals surface area contributed by atoms with Gasteiger partial charge in [-0.05, 0) is 52.0 Å². The second-order valence-electron chi connectivity index (χ2n) is 6.57. The van der Waals surface area contributed by atoms with Crippen molar-refractivity contribution in [2.45, 2.75) is 65.0 Å². The molecule has 2 fully saturated rings. The third-order valence-corrected chi connectivity index (χ3v) is 7.14. The van der Waals surface area contributed by atoms with E-state index in [9.17, 15) is 8.42 Å². The van der Waals surface area contributed by atoms with Crippen LogP contribution in [0.4, 0.5) is 0 Å². The predicted octanol–water partition coefficient (Wildman–Crippen LogP) is 1.82. The summed E-state index contributed by atoms with van der Waals surface area (Å²) in [5.41, 5.74) is 0. The second-order valence-corrected chi connectivity index (χ2v) is 8.45. The van der Waals surface area contributed by atoms with Crippen LogP contribution in [0.25, 0.3) is 0 Å². The van der Waals surface area contributed by atoms with Crippen molar-refractivity contribution in [1.29, 1.82) is 0 Å². The smallest absolute Gasteiger partial charge is 0.282 e. The summed E-state index contributed by atoms with van der Waals surface area (Å²) in [4.78, 5) is 0. The number of hydrogen-bond acceptors (Lipinski definition) is 3. The van der Waals surface area contributed by atoms with Crippen molar-refractivity contribution < 1.29 is 8.42 Å². The van der Waals surface area contributed by atoms with E-state index in [2.05, 4.69) is 19.2 Å². The summed E-state index contributed by atoms with van der Waals surface area (Å²) in [6.07, 6.45) is 5.23. The van der Waals surface area contributed by atoms with Gasteiger partial charge in [0.1, 0.15) is 0 Å². The van der Waals surface area contributed by atoms with Gasteiger partial charge in [0.05, 0.1) is 0 Å². The largest absolute Gasteiger partial charge is 0.314 e. The van der Waals surface area contributed by atoms with Crippen molar-refractivity contribution in [1.82, 2.24) is 13.9 Å². The van der Waals surface area contributed by atoms with Gasteiger partial charge in [0.25, 0.3) is 10.2 Å². The molecule has 5 nitrogen and oxygen atoms in total. The number of rotatable bonds is 5. The maximum atomic E-state index is 12.9. The van der Waals surface area contributed by atoms with E-state index in [0.717, 1.165) is 38.6 Å². The van der Waals surface area contributed by atoms with Gasteiger partial charge in [0.2, 0.25) is 0 Å². The summed E-state index contributed by atoms with van der Waals surface area (Å²) in [6, 6.07) is 0.530. The first-order valence-electron chi connectivity index (χ1n) is 8.47. The zero-order valence-corrected chi connectivity index (χ0v) is 14.5. The van der Waals surface area contributed by atoms with Crippen LogP contribution in [0.1, 0.15) is 52.9 Å². The summed E-state index contributed by atoms with van der Waals surface area (Å²) in [5.74, 6) is 0.425. The Labute approximate surface area is 130 Å². The van der Waals surface area contributed by atoms with Gasteiger partial charge in [0.15, 0.2) is 0 Å². The van der Waals surface area contributed by atoms with Crippen molar-refractivity contribution in [2.75, 3.05) is 26.2 Å². The highest BCUT2D eigenvalue weighted by molar-refractivity contribution is 7.86. The van der Waals surface area contributed by atoms with E-state index in [1.807, 2.05) is 6.92 Å². The van der Waals surface area contributed by atoms with Crippen LogP contribution in [0.3, 0.4) is 0 Å². The van der Waals surface area contributed by atoms with Crippen molar-refractivity contribution >= 4 is 10.2 Å². The van der Waals surface area contributed by atoms with Crippen LogP contribution in [-0.2, 0) is 10.2 Å². The van der Waals surface area contributed by atoms with E-state index in [0.29, 0.717) is 31.6 Å². The monoisotopic (exact) mass is 317 g/mol. The lowest BCUT2D eigenvalue weighted by Crippen LogP contribution is -2.54. The van der Waals surface area contributed by atoms with Crippen molar-refractivity contribution in [3.05, 3.63) is 0 Å². The van der Waals surface area contributed by atoms with Gasteiger partial charge in [-0.25, -0.2) is 0 Å². The van der Waals surface area contributed by atoms with Gasteiger partial charge in [-0.2, -0.15) is 17.0 Å². The van der Waals surface area contributed by atoms with Gasteiger partial charge in [-0.3, -0.25) is 0 Å². The maximum absolute atomic E-state index is 12.9. The fourth-order valence-corrected chi connectivity index (χ4v) is 5.60. The Morgan fingerprint density at radius 1 is 1.19 bits per heavy atom. The molecule has 0 aliphatic carbocycles. The molecule has 2 saturated heterocycles. The lowest BCUT2D eigenvalue weighted by molar-refractivity contribution is 0.195. The zero-order valence-electron chi connectivity index (χ0n) is 13.7. The summed E-state index contributed by atoms with van der Waals surface area (Å²) >= 11 is 0. The zero-order chi connectivity index (χ0) is 15.5. The highest BCUT2D eigenvalue weighted by Gasteiger charge is 2.37. The molecule has 0 saturated carbocycles. The molecule has 3 unspecified atom stereocenters. The highest BCUT2D eigenvalue weighted by Crippen LogP contribution is 2.27. The normalized spacial score (nSPS) is 31.2. The molecular formula is C15H31N3O2S. The topological polar surface area (TPSA) is 52.7 Å². The maximum Gasteiger partial charge on any atom is 0.282 e. The van der Waals surface area contributed by atoms with Gasteiger partial charge >= 0.3 is 0 Å². The number of hydrogen-bond donors (Lipinski definition) is 1. The Balaban J connectivity index is 2.05. The van der Waals surface area contributed by atoms with Crippen LogP contribution in [0.15, 0.2) is 0 Å². The molecule has 2 aliphatic rings. The molecule has 0 bridgehead atoms. The highest BCUT2D eigenvalue weighted by atomic mass is 32.2. The summed E-state index contributed by atoms with van der Waals surface area (Å²) in [6.45, 7) is 9.29. The molecule has 3 atom stereocenters. The van der Waals surface area contributed by atoms with Gasteiger partial charge in [-0.1, -0.05) is 13.3 Å². The fraction of sp³-hybridized carbons (Fsp3) is 1.00. The molecular weight excluding hydrogens is 286 g/mol. The molecule has 2 rings (SSSR count). The van der Waals surface area contributed by atoms with Crippen LogP contribution >= 0.6 is 0 Å². The van der Waals surface area contributed by atoms with Crippen LogP contribution < -0.4 is 5.32 Å². The van der Waals surface area contributed by atoms with E-state index < -0.39 is 10.2 Å². The lowest BCUT2D eigenvalue weighted by atomic mass is 9.93. The van der Waals surface area contributed by atoms with Gasteiger partial charge in [-0.15, -0.1) is 0 Å². The Hall–Kier alpha value is -0.170. The first kappa shape index (κ1) is 17.2. The molecule has 2 aliphatic heterocycles. The molecule has 6 heteroatoms. The van der Waals surface area contributed by atoms with Crippen molar-refractivity contribution in [3.63, 3.8) is 0 Å². The summed E-state index contributed by atoms with van der Waals surface area (Å²) in [5, 5.41) is 3.44. The van der Waals surface area contributed by atoms with E-state index in [4.69, 9.17) is 0 Å². The minimum Gasteiger partial charge on any atom is -0.314 e. The minimum atomic E-state index is -3.28. The third kappa shape index (κ3) is 3.97. The van der Waals surface area contributed by atoms with Crippen LogP contribution in [0, 0.1) is 5.92 Å². The second kappa shape index (κ2) is 7.40. The van der Waals surface area contributed by atoms with Gasteiger partial charge < -0.3 is 5.32 Å². The molecule has 0 radical (unpaired) electrons. The third-order valence-electron chi connectivity index (χ3n) is 5.02. The van der Waals surface area contributed by atoms with Crippen LogP contribution in [-0.4, -0.2) is 55.3 Å². The first-order chi connectivity index (χ1) is 9.96. The van der Waals surface area contributed by atoms with Crippen molar-refractivity contribution in [2.24, 2.45) is 5.92 Å². The summed E-state index contributed by atoms with van der Waals surface area (Å²) < 4.78 is 29.3. The van der Waals surface area contributed by atoms with E-state index >= 15 is 0 Å². The van der Waals surface area contributed by atoms with E-state index in [-0.39, 0.29) is 6.04 Å². The molecule has 0 aromatic carbocycles. The SMILES string of the molecule is CCNC(C)C1CCCN(S(=O)(=O)N2CCCCC2C)C1. The van der Waals surface area contributed by atoms with Gasteiger partial charge in [0, 0.05) is 31.7 Å². The minimum absolute atomic E-state index is 0.148. The number of piperidine rings is 2. The fourth-order valence-electron chi connectivity index (χ4n) is 3.64. The first-order valence-corrected chi connectivity index (χ1v) is 9.86. The Kier molecular flexibility index (Phi) is 6.05. The average molecular weight is 317 g/mol. The standard InChI is InChI=1S/C15H31N3O2S/c1-4-16-14(3)15-9-7-10-17(12-15)21(19,20)18-11-6-5-8-13(18)2/h13-16H,4-12H2,1-3H3. The summed E-state index contributed by atoms with van der Waals surface area (Å²) in [7, 11) is -3.28. The van der Waals surface area contributed by atoms with Crippen LogP contribution in [0.2, 0.25) is 0 Å². The van der Waals surface area contributed by atoms with E-state index in [1.165, 1.54) is 0 Å². The van der Waals surface area contributed by atoms with E-state index in [1.54, 1.807) is 8.61 Å². The molecule has 21 heavy (non-hydrogen) atoms. The lowest BCUT2D eigenvalue weighted by Gasteiger charge is -2.40. The number of nitrogens with one attached hydrogen (secondary N) is 1. The molecule has 0 amide bonds. The van der Waals surface area contributed by atoms with Crippen molar-refractivity contribution in [3.8, 4) is 0 Å². The number of nitrogens with zero attached hydrogens (tertiary/aromatic N) is 2. The van der Waals surface area contributed by atoms with Crippen LogP contribution in [0.5, 0.6) is 0 Å². The Morgan fingerprint density at radius 3 is 2.62 bits per heavy atom.